The molecule has 0 aliphatic carbocycles. The number of sulfonamides is 1. The number of likely N-dealkylation sites (tertiary alicyclic amines) is 1. The van der Waals surface area contributed by atoms with Crippen molar-refractivity contribution in [1.82, 2.24) is 14.5 Å². The molecule has 166 valence electrons. The molecular formula is C21H31N3O5S. The second kappa shape index (κ2) is 10.4. The summed E-state index contributed by atoms with van der Waals surface area (Å²) in [6.45, 7) is 4.66. The quantitative estimate of drug-likeness (QED) is 0.691. The second-order valence-corrected chi connectivity index (χ2v) is 9.70. The van der Waals surface area contributed by atoms with Crippen molar-refractivity contribution in [3.63, 3.8) is 0 Å². The van der Waals surface area contributed by atoms with Gasteiger partial charge in [-0.25, -0.2) is 8.42 Å². The van der Waals surface area contributed by atoms with Crippen LogP contribution in [-0.2, 0) is 30.8 Å². The zero-order chi connectivity index (χ0) is 21.6. The number of morpholine rings is 1. The van der Waals surface area contributed by atoms with Crippen molar-refractivity contribution in [3.8, 4) is 0 Å². The fourth-order valence-corrected chi connectivity index (χ4v) is 5.23. The maximum absolute atomic E-state index is 12.7. The maximum atomic E-state index is 12.7. The van der Waals surface area contributed by atoms with Crippen LogP contribution in [0.25, 0.3) is 0 Å². The molecule has 3 rings (SSSR count). The van der Waals surface area contributed by atoms with Crippen LogP contribution in [0.4, 0.5) is 0 Å². The Bertz CT molecular complexity index is 835. The van der Waals surface area contributed by atoms with Crippen LogP contribution < -0.4 is 5.32 Å². The number of nitrogens with one attached hydrogen (secondary N) is 1. The van der Waals surface area contributed by atoms with Crippen LogP contribution in [0.1, 0.15) is 38.2 Å². The van der Waals surface area contributed by atoms with Gasteiger partial charge in [0.15, 0.2) is 0 Å². The molecule has 2 aliphatic rings. The first-order valence-electron chi connectivity index (χ1n) is 10.6. The molecule has 0 radical (unpaired) electrons. The van der Waals surface area contributed by atoms with Crippen molar-refractivity contribution >= 4 is 21.8 Å². The number of hydrogen-bond donors (Lipinski definition) is 1. The van der Waals surface area contributed by atoms with Crippen molar-refractivity contribution in [2.24, 2.45) is 0 Å². The van der Waals surface area contributed by atoms with Crippen molar-refractivity contribution in [1.29, 1.82) is 0 Å². The highest BCUT2D eigenvalue weighted by atomic mass is 32.2. The molecule has 1 atom stereocenters. The molecule has 0 saturated carbocycles. The van der Waals surface area contributed by atoms with E-state index in [4.69, 9.17) is 4.74 Å². The van der Waals surface area contributed by atoms with Gasteiger partial charge >= 0.3 is 0 Å². The van der Waals surface area contributed by atoms with E-state index in [0.717, 1.165) is 18.4 Å². The highest BCUT2D eigenvalue weighted by Crippen LogP contribution is 2.19. The summed E-state index contributed by atoms with van der Waals surface area (Å²) < 4.78 is 32.0. The SMILES string of the molecule is CCC(=O)NC1CCCN(C(=O)CCc2ccc(S(=O)(=O)N3CCOCC3)cc2)C1. The largest absolute Gasteiger partial charge is 0.379 e. The first kappa shape index (κ1) is 22.7. The van der Waals surface area contributed by atoms with Crippen LogP contribution in [0, 0.1) is 0 Å². The molecule has 1 unspecified atom stereocenters. The zero-order valence-corrected chi connectivity index (χ0v) is 18.3. The second-order valence-electron chi connectivity index (χ2n) is 7.76. The molecule has 0 bridgehead atoms. The summed E-state index contributed by atoms with van der Waals surface area (Å²) in [5, 5.41) is 2.97. The Morgan fingerprint density at radius 3 is 2.50 bits per heavy atom. The first-order chi connectivity index (χ1) is 14.4. The molecule has 2 heterocycles. The van der Waals surface area contributed by atoms with E-state index in [1.54, 1.807) is 24.3 Å². The fourth-order valence-electron chi connectivity index (χ4n) is 3.82. The lowest BCUT2D eigenvalue weighted by Gasteiger charge is -2.33. The number of carbonyl (C=O) groups is 2. The van der Waals surface area contributed by atoms with Crippen LogP contribution in [0.3, 0.4) is 0 Å². The van der Waals surface area contributed by atoms with Gasteiger partial charge in [0, 0.05) is 45.1 Å². The molecule has 2 saturated heterocycles. The van der Waals surface area contributed by atoms with Crippen LogP contribution in [0.2, 0.25) is 0 Å². The van der Waals surface area contributed by atoms with E-state index >= 15 is 0 Å². The molecule has 1 N–H and O–H groups in total. The highest BCUT2D eigenvalue weighted by Gasteiger charge is 2.26. The molecule has 8 nitrogen and oxygen atoms in total. The first-order valence-corrected chi connectivity index (χ1v) is 12.1. The third-order valence-electron chi connectivity index (χ3n) is 5.62. The monoisotopic (exact) mass is 437 g/mol. The lowest BCUT2D eigenvalue weighted by Crippen LogP contribution is -2.49. The highest BCUT2D eigenvalue weighted by molar-refractivity contribution is 7.89. The van der Waals surface area contributed by atoms with Gasteiger partial charge < -0.3 is 15.0 Å². The predicted molar refractivity (Wildman–Crippen MR) is 112 cm³/mol. The molecule has 1 aromatic carbocycles. The molecule has 0 spiro atoms. The molecule has 1 aromatic rings. The van der Waals surface area contributed by atoms with Crippen molar-refractivity contribution < 1.29 is 22.7 Å². The van der Waals surface area contributed by atoms with Gasteiger partial charge in [-0.1, -0.05) is 19.1 Å². The normalized spacial score (nSPS) is 20.7. The maximum Gasteiger partial charge on any atom is 0.243 e. The van der Waals surface area contributed by atoms with Gasteiger partial charge in [-0.15, -0.1) is 0 Å². The van der Waals surface area contributed by atoms with E-state index in [0.29, 0.717) is 58.7 Å². The standard InChI is InChI=1S/C21H31N3O5S/c1-2-20(25)22-18-4-3-11-23(16-18)21(26)10-7-17-5-8-19(9-6-17)30(27,28)24-12-14-29-15-13-24/h5-6,8-9,18H,2-4,7,10-16H2,1H3,(H,22,25). The van der Waals surface area contributed by atoms with Gasteiger partial charge in [0.2, 0.25) is 21.8 Å². The van der Waals surface area contributed by atoms with E-state index in [9.17, 15) is 18.0 Å². The summed E-state index contributed by atoms with van der Waals surface area (Å²) in [5.74, 6) is 0.0804. The molecule has 30 heavy (non-hydrogen) atoms. The van der Waals surface area contributed by atoms with Crippen LogP contribution in [0.5, 0.6) is 0 Å². The van der Waals surface area contributed by atoms with Crippen LogP contribution in [0.15, 0.2) is 29.2 Å². The minimum absolute atomic E-state index is 0.0152. The lowest BCUT2D eigenvalue weighted by atomic mass is 10.0. The van der Waals surface area contributed by atoms with Gasteiger partial charge in [0.05, 0.1) is 18.1 Å². The van der Waals surface area contributed by atoms with Gasteiger partial charge in [0.25, 0.3) is 0 Å². The Labute approximate surface area is 178 Å². The molecular weight excluding hydrogens is 406 g/mol. The number of piperidine rings is 1. The number of hydrogen-bond acceptors (Lipinski definition) is 5. The number of benzene rings is 1. The molecule has 2 fully saturated rings. The summed E-state index contributed by atoms with van der Waals surface area (Å²) in [6, 6.07) is 6.81. The summed E-state index contributed by atoms with van der Waals surface area (Å²) in [7, 11) is -3.50. The molecule has 2 aliphatic heterocycles. The number of aryl methyl sites for hydroxylation is 1. The van der Waals surface area contributed by atoms with Gasteiger partial charge in [-0.3, -0.25) is 9.59 Å². The van der Waals surface area contributed by atoms with E-state index in [2.05, 4.69) is 5.32 Å². The summed E-state index contributed by atoms with van der Waals surface area (Å²) in [5.41, 5.74) is 0.928. The Morgan fingerprint density at radius 2 is 1.83 bits per heavy atom. The Balaban J connectivity index is 1.52. The van der Waals surface area contributed by atoms with E-state index in [1.165, 1.54) is 4.31 Å². The third-order valence-corrected chi connectivity index (χ3v) is 7.53. The number of rotatable bonds is 7. The number of carbonyl (C=O) groups excluding carboxylic acids is 2. The molecule has 2 amide bonds. The Morgan fingerprint density at radius 1 is 1.13 bits per heavy atom. The lowest BCUT2D eigenvalue weighted by molar-refractivity contribution is -0.133. The summed E-state index contributed by atoms with van der Waals surface area (Å²) in [6.07, 6.45) is 3.15. The predicted octanol–water partition coefficient (Wildman–Crippen LogP) is 1.16. The van der Waals surface area contributed by atoms with E-state index < -0.39 is 10.0 Å². The molecule has 0 aromatic heterocycles. The van der Waals surface area contributed by atoms with Gasteiger partial charge in [-0.2, -0.15) is 4.31 Å². The van der Waals surface area contributed by atoms with Crippen LogP contribution in [-0.4, -0.2) is 74.9 Å². The van der Waals surface area contributed by atoms with Crippen molar-refractivity contribution in [2.75, 3.05) is 39.4 Å². The van der Waals surface area contributed by atoms with Gasteiger partial charge in [0.1, 0.15) is 0 Å². The summed E-state index contributed by atoms with van der Waals surface area (Å²) >= 11 is 0. The smallest absolute Gasteiger partial charge is 0.243 e. The number of nitrogens with zero attached hydrogens (tertiary/aromatic N) is 2. The van der Waals surface area contributed by atoms with Crippen molar-refractivity contribution in [2.45, 2.75) is 50.0 Å². The fraction of sp³-hybridized carbons (Fsp3) is 0.619. The van der Waals surface area contributed by atoms with E-state index in [-0.39, 0.29) is 22.8 Å². The molecule has 9 heteroatoms. The number of ether oxygens (including phenoxy) is 1. The minimum Gasteiger partial charge on any atom is -0.379 e. The van der Waals surface area contributed by atoms with Gasteiger partial charge in [-0.05, 0) is 37.0 Å². The third kappa shape index (κ3) is 5.80. The van der Waals surface area contributed by atoms with Crippen molar-refractivity contribution in [3.05, 3.63) is 29.8 Å². The zero-order valence-electron chi connectivity index (χ0n) is 17.5. The number of amides is 2. The average Bonchev–Trinajstić information content (AvgIpc) is 2.78. The van der Waals surface area contributed by atoms with Crippen LogP contribution >= 0.6 is 0 Å². The Hall–Kier alpha value is -1.97. The van der Waals surface area contributed by atoms with E-state index in [1.807, 2.05) is 11.8 Å². The average molecular weight is 438 g/mol. The minimum atomic E-state index is -3.50. The Kier molecular flexibility index (Phi) is 7.85. The summed E-state index contributed by atoms with van der Waals surface area (Å²) in [4.78, 5) is 26.3. The topological polar surface area (TPSA) is 96.0 Å².